The van der Waals surface area contributed by atoms with E-state index in [4.69, 9.17) is 5.73 Å². The maximum absolute atomic E-state index is 13.6. The van der Waals surface area contributed by atoms with E-state index < -0.39 is 15.8 Å². The van der Waals surface area contributed by atoms with Crippen LogP contribution >= 0.6 is 31.9 Å². The molecule has 0 heterocycles. The molecule has 0 spiro atoms. The Hall–Kier alpha value is -1.12. The highest BCUT2D eigenvalue weighted by Crippen LogP contribution is 2.29. The molecule has 0 fully saturated rings. The van der Waals surface area contributed by atoms with E-state index in [-0.39, 0.29) is 15.1 Å². The van der Waals surface area contributed by atoms with Crippen LogP contribution in [0.5, 0.6) is 0 Å². The van der Waals surface area contributed by atoms with Crippen molar-refractivity contribution in [3.8, 4) is 0 Å². The lowest BCUT2D eigenvalue weighted by molar-refractivity contribution is 0.600. The van der Waals surface area contributed by atoms with Gasteiger partial charge in [0.15, 0.2) is 0 Å². The molecule has 8 heteroatoms. The van der Waals surface area contributed by atoms with Gasteiger partial charge in [-0.2, -0.15) is 0 Å². The molecular formula is C13H11Br2FN2O2S. The van der Waals surface area contributed by atoms with Crippen LogP contribution in [0.25, 0.3) is 0 Å². The minimum Gasteiger partial charge on any atom is -0.399 e. The van der Waals surface area contributed by atoms with Crippen molar-refractivity contribution in [3.63, 3.8) is 0 Å². The van der Waals surface area contributed by atoms with Gasteiger partial charge in [0, 0.05) is 10.2 Å². The molecular weight excluding hydrogens is 427 g/mol. The second-order valence-electron chi connectivity index (χ2n) is 4.38. The molecule has 21 heavy (non-hydrogen) atoms. The largest absolute Gasteiger partial charge is 0.399 e. The van der Waals surface area contributed by atoms with E-state index >= 15 is 0 Å². The molecule has 0 unspecified atom stereocenters. The first-order chi connectivity index (χ1) is 9.70. The number of nitrogen functional groups attached to an aromatic ring is 1. The topological polar surface area (TPSA) is 72.2 Å². The predicted molar refractivity (Wildman–Crippen MR) is 88.2 cm³/mol. The molecule has 0 aliphatic carbocycles. The molecule has 0 atom stereocenters. The van der Waals surface area contributed by atoms with Crippen LogP contribution in [0, 0.1) is 12.7 Å². The SMILES string of the molecule is Cc1cc(Br)c(F)cc1NS(=O)(=O)c1cc(N)ccc1Br. The van der Waals surface area contributed by atoms with Gasteiger partial charge in [0.1, 0.15) is 10.7 Å². The van der Waals surface area contributed by atoms with Crippen molar-refractivity contribution in [1.82, 2.24) is 0 Å². The molecule has 0 aliphatic rings. The quantitative estimate of drug-likeness (QED) is 0.711. The van der Waals surface area contributed by atoms with Crippen molar-refractivity contribution in [2.45, 2.75) is 11.8 Å². The van der Waals surface area contributed by atoms with Crippen LogP contribution in [0.1, 0.15) is 5.56 Å². The summed E-state index contributed by atoms with van der Waals surface area (Å²) in [5, 5.41) is 0. The monoisotopic (exact) mass is 436 g/mol. The third kappa shape index (κ3) is 3.56. The molecule has 0 amide bonds. The van der Waals surface area contributed by atoms with Crippen LogP contribution in [0.3, 0.4) is 0 Å². The summed E-state index contributed by atoms with van der Waals surface area (Å²) in [5.74, 6) is -0.551. The van der Waals surface area contributed by atoms with Gasteiger partial charge in [-0.1, -0.05) is 0 Å². The summed E-state index contributed by atoms with van der Waals surface area (Å²) in [6.07, 6.45) is 0. The van der Waals surface area contributed by atoms with Gasteiger partial charge in [0.25, 0.3) is 10.0 Å². The second-order valence-corrected chi connectivity index (χ2v) is 7.74. The van der Waals surface area contributed by atoms with Gasteiger partial charge in [-0.15, -0.1) is 0 Å². The molecule has 0 bridgehead atoms. The zero-order valence-corrected chi connectivity index (χ0v) is 14.8. The maximum atomic E-state index is 13.6. The van der Waals surface area contributed by atoms with Crippen LogP contribution in [-0.4, -0.2) is 8.42 Å². The van der Waals surface area contributed by atoms with Crippen LogP contribution in [0.15, 0.2) is 44.2 Å². The normalized spacial score (nSPS) is 11.4. The van der Waals surface area contributed by atoms with Crippen LogP contribution < -0.4 is 10.5 Å². The Morgan fingerprint density at radius 3 is 2.48 bits per heavy atom. The minimum absolute atomic E-state index is 0.00905. The number of aryl methyl sites for hydroxylation is 1. The number of hydrogen-bond donors (Lipinski definition) is 2. The Balaban J connectivity index is 2.47. The molecule has 112 valence electrons. The van der Waals surface area contributed by atoms with Crippen LogP contribution in [0.2, 0.25) is 0 Å². The summed E-state index contributed by atoms with van der Waals surface area (Å²) in [6, 6.07) is 7.07. The van der Waals surface area contributed by atoms with Crippen molar-refractivity contribution in [2.24, 2.45) is 0 Å². The van der Waals surface area contributed by atoms with Gasteiger partial charge in [-0.25, -0.2) is 12.8 Å². The number of sulfonamides is 1. The van der Waals surface area contributed by atoms with Gasteiger partial charge in [0.05, 0.1) is 10.2 Å². The molecule has 0 radical (unpaired) electrons. The molecule has 0 saturated carbocycles. The number of hydrogen-bond acceptors (Lipinski definition) is 3. The third-order valence-corrected chi connectivity index (χ3v) is 5.72. The lowest BCUT2D eigenvalue weighted by atomic mass is 10.2. The number of anilines is 2. The summed E-state index contributed by atoms with van der Waals surface area (Å²) < 4.78 is 41.4. The molecule has 2 aromatic rings. The van der Waals surface area contributed by atoms with E-state index in [1.54, 1.807) is 19.1 Å². The fraction of sp³-hybridized carbons (Fsp3) is 0.0769. The van der Waals surface area contributed by atoms with Crippen molar-refractivity contribution in [3.05, 3.63) is 50.7 Å². The Bertz CT molecular complexity index is 810. The van der Waals surface area contributed by atoms with E-state index in [0.717, 1.165) is 6.07 Å². The molecule has 4 nitrogen and oxygen atoms in total. The van der Waals surface area contributed by atoms with Crippen LogP contribution in [-0.2, 0) is 10.0 Å². The van der Waals surface area contributed by atoms with Crippen LogP contribution in [0.4, 0.5) is 15.8 Å². The molecule has 2 rings (SSSR count). The summed E-state index contributed by atoms with van der Waals surface area (Å²) in [4.78, 5) is -0.00905. The molecule has 0 aromatic heterocycles. The number of nitrogens with two attached hydrogens (primary N) is 1. The van der Waals surface area contributed by atoms with E-state index in [0.29, 0.717) is 15.7 Å². The predicted octanol–water partition coefficient (Wildman–Crippen LogP) is 4.04. The van der Waals surface area contributed by atoms with Crippen molar-refractivity contribution in [2.75, 3.05) is 10.5 Å². The fourth-order valence-electron chi connectivity index (χ4n) is 1.68. The van der Waals surface area contributed by atoms with Gasteiger partial charge in [0.2, 0.25) is 0 Å². The van der Waals surface area contributed by atoms with E-state index in [1.807, 2.05) is 0 Å². The maximum Gasteiger partial charge on any atom is 0.263 e. The van der Waals surface area contributed by atoms with Gasteiger partial charge >= 0.3 is 0 Å². The van der Waals surface area contributed by atoms with E-state index in [9.17, 15) is 12.8 Å². The third-order valence-electron chi connectivity index (χ3n) is 2.76. The average molecular weight is 438 g/mol. The van der Waals surface area contributed by atoms with E-state index in [2.05, 4.69) is 36.6 Å². The molecule has 2 aromatic carbocycles. The first kappa shape index (κ1) is 16.3. The highest BCUT2D eigenvalue weighted by molar-refractivity contribution is 9.10. The highest BCUT2D eigenvalue weighted by atomic mass is 79.9. The minimum atomic E-state index is -3.88. The lowest BCUT2D eigenvalue weighted by Gasteiger charge is -2.13. The number of halogens is 3. The molecule has 0 aliphatic heterocycles. The fourth-order valence-corrected chi connectivity index (χ4v) is 4.26. The van der Waals surface area contributed by atoms with Crippen molar-refractivity contribution >= 4 is 53.3 Å². The Labute approximate surface area is 138 Å². The standard InChI is InChI=1S/C13H11Br2FN2O2S/c1-7-4-10(15)11(16)6-12(7)18-21(19,20)13-5-8(17)2-3-9(13)14/h2-6,18H,17H2,1H3. The smallest absolute Gasteiger partial charge is 0.263 e. The lowest BCUT2D eigenvalue weighted by Crippen LogP contribution is -2.15. The first-order valence-corrected chi connectivity index (χ1v) is 8.81. The molecule has 3 N–H and O–H groups in total. The Morgan fingerprint density at radius 1 is 1.14 bits per heavy atom. The van der Waals surface area contributed by atoms with Crippen molar-refractivity contribution in [1.29, 1.82) is 0 Å². The highest BCUT2D eigenvalue weighted by Gasteiger charge is 2.19. The zero-order valence-electron chi connectivity index (χ0n) is 10.8. The number of rotatable bonds is 3. The van der Waals surface area contributed by atoms with E-state index in [1.165, 1.54) is 12.1 Å². The van der Waals surface area contributed by atoms with Crippen molar-refractivity contribution < 1.29 is 12.8 Å². The zero-order chi connectivity index (χ0) is 15.8. The Morgan fingerprint density at radius 2 is 1.81 bits per heavy atom. The van der Waals surface area contributed by atoms with Gasteiger partial charge < -0.3 is 5.73 Å². The summed E-state index contributed by atoms with van der Waals surface area (Å²) >= 11 is 6.22. The number of nitrogens with one attached hydrogen (secondary N) is 1. The Kier molecular flexibility index (Phi) is 4.60. The average Bonchev–Trinajstić information content (AvgIpc) is 2.38. The van der Waals surface area contributed by atoms with Gasteiger partial charge in [-0.3, -0.25) is 4.72 Å². The van der Waals surface area contributed by atoms with Gasteiger partial charge in [-0.05, 0) is 74.7 Å². The summed E-state index contributed by atoms with van der Waals surface area (Å²) in [6.45, 7) is 1.68. The second kappa shape index (κ2) is 5.94. The number of benzene rings is 2. The molecule has 0 saturated heterocycles. The summed E-state index contributed by atoms with van der Waals surface area (Å²) in [5.41, 5.74) is 6.69. The first-order valence-electron chi connectivity index (χ1n) is 5.74. The summed E-state index contributed by atoms with van der Waals surface area (Å²) in [7, 11) is -3.88.